The maximum atomic E-state index is 12.5. The lowest BCUT2D eigenvalue weighted by Crippen LogP contribution is -2.41. The highest BCUT2D eigenvalue weighted by molar-refractivity contribution is 6.42. The Morgan fingerprint density at radius 3 is 2.40 bits per heavy atom. The van der Waals surface area contributed by atoms with E-state index in [1.165, 1.54) is 19.2 Å². The monoisotopic (exact) mass is 518 g/mol. The Morgan fingerprint density at radius 1 is 1.11 bits per heavy atom. The third kappa shape index (κ3) is 4.01. The molecule has 2 atom stereocenters. The van der Waals surface area contributed by atoms with Gasteiger partial charge < -0.3 is 30.4 Å². The number of carboxylic acid groups (broad SMARTS) is 2. The van der Waals surface area contributed by atoms with Crippen LogP contribution in [0.3, 0.4) is 0 Å². The number of amides is 1. The molecule has 2 aromatic carbocycles. The standard InChI is InChI=1S/C24H20Cl2N2O7/c1-28-18(23(32)33)19(35-10-11-6-7-14(25)15(26)8-11)16(22(30)31)20(28)24(34)9-12-4-2-3-5-13(12)17(24)21(27)29/h2-8,17,34H,9-10H2,1H3,(H2,27,29)(H,30,31)(H,32,33). The number of aliphatic hydroxyl groups is 1. The van der Waals surface area contributed by atoms with Crippen LogP contribution < -0.4 is 10.5 Å². The Kier molecular flexibility index (Phi) is 6.27. The fourth-order valence-electron chi connectivity index (χ4n) is 4.76. The molecule has 1 aliphatic rings. The third-order valence-corrected chi connectivity index (χ3v) is 6.87. The van der Waals surface area contributed by atoms with Gasteiger partial charge in [-0.15, -0.1) is 0 Å². The summed E-state index contributed by atoms with van der Waals surface area (Å²) in [6.07, 6.45) is -0.153. The van der Waals surface area contributed by atoms with E-state index in [-0.39, 0.29) is 23.7 Å². The van der Waals surface area contributed by atoms with Crippen molar-refractivity contribution in [2.75, 3.05) is 0 Å². The first kappa shape index (κ1) is 24.6. The van der Waals surface area contributed by atoms with E-state index >= 15 is 0 Å². The molecule has 35 heavy (non-hydrogen) atoms. The predicted molar refractivity (Wildman–Crippen MR) is 126 cm³/mol. The van der Waals surface area contributed by atoms with Crippen molar-refractivity contribution in [2.45, 2.75) is 24.5 Å². The Morgan fingerprint density at radius 2 is 1.80 bits per heavy atom. The van der Waals surface area contributed by atoms with Crippen molar-refractivity contribution in [3.05, 3.63) is 86.2 Å². The molecule has 0 aliphatic heterocycles. The van der Waals surface area contributed by atoms with Crippen LogP contribution in [-0.2, 0) is 30.5 Å². The lowest BCUT2D eigenvalue weighted by Gasteiger charge is -2.30. The summed E-state index contributed by atoms with van der Waals surface area (Å²) in [6, 6.07) is 11.3. The van der Waals surface area contributed by atoms with Crippen LogP contribution >= 0.6 is 23.2 Å². The summed E-state index contributed by atoms with van der Waals surface area (Å²) in [7, 11) is 1.29. The van der Waals surface area contributed by atoms with Crippen LogP contribution in [-0.4, -0.2) is 37.7 Å². The number of halogens is 2. The highest BCUT2D eigenvalue weighted by atomic mass is 35.5. The highest BCUT2D eigenvalue weighted by Crippen LogP contribution is 2.50. The Balaban J connectivity index is 1.90. The van der Waals surface area contributed by atoms with E-state index in [2.05, 4.69) is 0 Å². The molecule has 1 aliphatic carbocycles. The summed E-state index contributed by atoms with van der Waals surface area (Å²) in [5, 5.41) is 32.4. The number of rotatable bonds is 7. The van der Waals surface area contributed by atoms with Crippen LogP contribution in [0.25, 0.3) is 0 Å². The zero-order chi connectivity index (χ0) is 25.7. The number of aromatic nitrogens is 1. The van der Waals surface area contributed by atoms with E-state index < -0.39 is 46.4 Å². The average molecular weight is 519 g/mol. The molecular formula is C24H20Cl2N2O7. The van der Waals surface area contributed by atoms with Crippen molar-refractivity contribution in [3.8, 4) is 5.75 Å². The van der Waals surface area contributed by atoms with Crippen LogP contribution in [0.5, 0.6) is 5.75 Å². The van der Waals surface area contributed by atoms with Gasteiger partial charge in [-0.25, -0.2) is 9.59 Å². The molecule has 3 aromatic rings. The second-order valence-electron chi connectivity index (χ2n) is 8.24. The third-order valence-electron chi connectivity index (χ3n) is 6.13. The van der Waals surface area contributed by atoms with Crippen molar-refractivity contribution in [3.63, 3.8) is 0 Å². The van der Waals surface area contributed by atoms with E-state index in [4.69, 9.17) is 33.7 Å². The minimum absolute atomic E-state index is 0.153. The van der Waals surface area contributed by atoms with E-state index in [1.54, 1.807) is 30.3 Å². The van der Waals surface area contributed by atoms with Gasteiger partial charge in [-0.1, -0.05) is 53.5 Å². The number of primary amides is 1. The molecule has 0 radical (unpaired) electrons. The number of carbonyl (C=O) groups excluding carboxylic acids is 1. The average Bonchev–Trinajstić information content (AvgIpc) is 3.25. The minimum atomic E-state index is -2.13. The Labute approximate surface area is 209 Å². The summed E-state index contributed by atoms with van der Waals surface area (Å²) in [6.45, 7) is -0.237. The number of ether oxygens (including phenoxy) is 1. The summed E-state index contributed by atoms with van der Waals surface area (Å²) < 4.78 is 6.72. The molecule has 1 aromatic heterocycles. The van der Waals surface area contributed by atoms with E-state index in [0.717, 1.165) is 4.57 Å². The number of hydrogen-bond acceptors (Lipinski definition) is 5. The fraction of sp³-hybridized carbons (Fsp3) is 0.208. The van der Waals surface area contributed by atoms with E-state index in [0.29, 0.717) is 21.7 Å². The SMILES string of the molecule is Cn1c(C(=O)O)c(OCc2ccc(Cl)c(Cl)c2)c(C(=O)O)c1C1(O)Cc2ccccc2C1C(N)=O. The molecule has 1 amide bonds. The van der Waals surface area contributed by atoms with Gasteiger partial charge in [0.05, 0.1) is 21.7 Å². The maximum absolute atomic E-state index is 12.5. The first-order chi connectivity index (χ1) is 16.5. The zero-order valence-corrected chi connectivity index (χ0v) is 19.8. The summed E-state index contributed by atoms with van der Waals surface area (Å²) in [5.41, 5.74) is 3.65. The van der Waals surface area contributed by atoms with Crippen LogP contribution in [0.2, 0.25) is 10.0 Å². The number of carboxylic acids is 2. The molecule has 5 N–H and O–H groups in total. The van der Waals surface area contributed by atoms with Gasteiger partial charge in [-0.05, 0) is 28.8 Å². The summed E-state index contributed by atoms with van der Waals surface area (Å²) >= 11 is 11.9. The van der Waals surface area contributed by atoms with Gasteiger partial charge in [0.25, 0.3) is 0 Å². The Bertz CT molecular complexity index is 1380. The molecule has 1 heterocycles. The summed E-state index contributed by atoms with van der Waals surface area (Å²) in [5.74, 6) is -5.69. The normalized spacial score (nSPS) is 18.8. The maximum Gasteiger partial charge on any atom is 0.356 e. The van der Waals surface area contributed by atoms with E-state index in [9.17, 15) is 29.7 Å². The van der Waals surface area contributed by atoms with Gasteiger partial charge in [0.15, 0.2) is 11.4 Å². The summed E-state index contributed by atoms with van der Waals surface area (Å²) in [4.78, 5) is 37.1. The lowest BCUT2D eigenvalue weighted by atomic mass is 9.82. The molecule has 11 heteroatoms. The van der Waals surface area contributed by atoms with Gasteiger partial charge in [-0.2, -0.15) is 0 Å². The van der Waals surface area contributed by atoms with Crippen LogP contribution in [0, 0.1) is 0 Å². The molecule has 9 nitrogen and oxygen atoms in total. The largest absolute Gasteiger partial charge is 0.485 e. The molecule has 2 unspecified atom stereocenters. The smallest absolute Gasteiger partial charge is 0.356 e. The van der Waals surface area contributed by atoms with Gasteiger partial charge in [0.2, 0.25) is 5.91 Å². The van der Waals surface area contributed by atoms with Gasteiger partial charge in [0, 0.05) is 13.5 Å². The molecule has 0 saturated carbocycles. The van der Waals surface area contributed by atoms with Gasteiger partial charge >= 0.3 is 11.9 Å². The fourth-order valence-corrected chi connectivity index (χ4v) is 5.09. The van der Waals surface area contributed by atoms with Crippen molar-refractivity contribution in [2.24, 2.45) is 12.8 Å². The van der Waals surface area contributed by atoms with E-state index in [1.807, 2.05) is 0 Å². The number of aromatic carboxylic acids is 2. The first-order valence-electron chi connectivity index (χ1n) is 10.3. The Hall–Kier alpha value is -3.53. The number of hydrogen-bond donors (Lipinski definition) is 4. The molecule has 4 rings (SSSR count). The quantitative estimate of drug-likeness (QED) is 0.374. The van der Waals surface area contributed by atoms with Crippen molar-refractivity contribution in [1.29, 1.82) is 0 Å². The lowest BCUT2D eigenvalue weighted by molar-refractivity contribution is -0.125. The predicted octanol–water partition coefficient (Wildman–Crippen LogP) is 3.32. The van der Waals surface area contributed by atoms with Crippen molar-refractivity contribution >= 4 is 41.0 Å². The van der Waals surface area contributed by atoms with Crippen molar-refractivity contribution < 1.29 is 34.4 Å². The van der Waals surface area contributed by atoms with Crippen molar-refractivity contribution in [1.82, 2.24) is 4.57 Å². The first-order valence-corrected chi connectivity index (χ1v) is 11.1. The highest BCUT2D eigenvalue weighted by Gasteiger charge is 2.54. The topological polar surface area (TPSA) is 152 Å². The molecule has 0 saturated heterocycles. The second-order valence-corrected chi connectivity index (χ2v) is 9.06. The molecule has 0 bridgehead atoms. The van der Waals surface area contributed by atoms with Crippen LogP contribution in [0.4, 0.5) is 0 Å². The molecule has 0 spiro atoms. The molecule has 0 fully saturated rings. The molecular weight excluding hydrogens is 499 g/mol. The van der Waals surface area contributed by atoms with Crippen LogP contribution in [0.1, 0.15) is 49.1 Å². The van der Waals surface area contributed by atoms with Crippen LogP contribution in [0.15, 0.2) is 42.5 Å². The van der Waals surface area contributed by atoms with Gasteiger partial charge in [0.1, 0.15) is 17.8 Å². The number of fused-ring (bicyclic) bond motifs is 1. The zero-order valence-electron chi connectivity index (χ0n) is 18.3. The number of carbonyl (C=O) groups is 3. The minimum Gasteiger partial charge on any atom is -0.485 e. The number of nitrogens with two attached hydrogens (primary N) is 1. The number of nitrogens with zero attached hydrogens (tertiary/aromatic N) is 1. The van der Waals surface area contributed by atoms with Gasteiger partial charge in [-0.3, -0.25) is 4.79 Å². The second kappa shape index (κ2) is 8.92. The molecule has 182 valence electrons. The number of benzene rings is 2.